The van der Waals surface area contributed by atoms with Crippen molar-refractivity contribution < 1.29 is 5.11 Å². The predicted molar refractivity (Wildman–Crippen MR) is 52.3 cm³/mol. The summed E-state index contributed by atoms with van der Waals surface area (Å²) in [4.78, 5) is 0. The molecular formula is C9H21ClO. The lowest BCUT2D eigenvalue weighted by molar-refractivity contribution is 0.156. The Morgan fingerprint density at radius 3 is 2.18 bits per heavy atom. The molecule has 11 heavy (non-hydrogen) atoms. The predicted octanol–water partition coefficient (Wildman–Crippen LogP) is 3.15. The second kappa shape index (κ2) is 10.2. The number of rotatable bonds is 6. The van der Waals surface area contributed by atoms with Crippen LogP contribution in [0.15, 0.2) is 0 Å². The van der Waals surface area contributed by atoms with Gasteiger partial charge >= 0.3 is 0 Å². The summed E-state index contributed by atoms with van der Waals surface area (Å²) in [5.74, 6) is 0. The Labute approximate surface area is 76.6 Å². The van der Waals surface area contributed by atoms with Crippen LogP contribution in [0.25, 0.3) is 0 Å². The standard InChI is InChI=1S/C9H20O.ClH/c1-3-5-6-7-8-9(10)4-2;/h9-10H,3-8H2,1-2H3;1H. The maximum atomic E-state index is 9.16. The van der Waals surface area contributed by atoms with Gasteiger partial charge < -0.3 is 5.11 Å². The summed E-state index contributed by atoms with van der Waals surface area (Å²) in [5, 5.41) is 9.16. The Hall–Kier alpha value is 0.250. The second-order valence-electron chi connectivity index (χ2n) is 2.91. The molecule has 1 nitrogen and oxygen atoms in total. The van der Waals surface area contributed by atoms with Crippen LogP contribution in [0.3, 0.4) is 0 Å². The minimum atomic E-state index is -0.0446. The topological polar surface area (TPSA) is 20.2 Å². The Morgan fingerprint density at radius 2 is 1.73 bits per heavy atom. The van der Waals surface area contributed by atoms with Gasteiger partial charge in [-0.2, -0.15) is 0 Å². The first kappa shape index (κ1) is 13.8. The van der Waals surface area contributed by atoms with Crippen LogP contribution in [0.1, 0.15) is 52.4 Å². The van der Waals surface area contributed by atoms with Crippen molar-refractivity contribution in [3.05, 3.63) is 0 Å². The third kappa shape index (κ3) is 10.2. The average Bonchev–Trinajstić information content (AvgIpc) is 1.98. The van der Waals surface area contributed by atoms with Crippen LogP contribution in [0.5, 0.6) is 0 Å². The fourth-order valence-electron chi connectivity index (χ4n) is 1.01. The number of hydrogen-bond acceptors (Lipinski definition) is 1. The molecule has 0 spiro atoms. The Kier molecular flexibility index (Phi) is 12.9. The van der Waals surface area contributed by atoms with Crippen LogP contribution in [-0.2, 0) is 0 Å². The maximum Gasteiger partial charge on any atom is 0.0537 e. The van der Waals surface area contributed by atoms with Gasteiger partial charge in [-0.25, -0.2) is 0 Å². The van der Waals surface area contributed by atoms with Crippen molar-refractivity contribution in [2.24, 2.45) is 0 Å². The molecule has 2 heteroatoms. The number of unbranched alkanes of at least 4 members (excludes halogenated alkanes) is 3. The van der Waals surface area contributed by atoms with Gasteiger partial charge in [-0.05, 0) is 12.8 Å². The smallest absolute Gasteiger partial charge is 0.0537 e. The van der Waals surface area contributed by atoms with Crippen molar-refractivity contribution in [1.82, 2.24) is 0 Å². The van der Waals surface area contributed by atoms with Gasteiger partial charge in [0.05, 0.1) is 6.10 Å². The molecule has 1 unspecified atom stereocenters. The van der Waals surface area contributed by atoms with E-state index in [2.05, 4.69) is 6.92 Å². The minimum Gasteiger partial charge on any atom is -0.393 e. The van der Waals surface area contributed by atoms with Crippen molar-refractivity contribution in [3.63, 3.8) is 0 Å². The average molecular weight is 181 g/mol. The molecule has 0 amide bonds. The van der Waals surface area contributed by atoms with Gasteiger partial charge in [0.2, 0.25) is 0 Å². The molecule has 0 aromatic rings. The largest absolute Gasteiger partial charge is 0.393 e. The lowest BCUT2D eigenvalue weighted by Gasteiger charge is -2.05. The fraction of sp³-hybridized carbons (Fsp3) is 1.00. The van der Waals surface area contributed by atoms with Gasteiger partial charge in [0.25, 0.3) is 0 Å². The first-order valence-corrected chi connectivity index (χ1v) is 4.49. The monoisotopic (exact) mass is 180 g/mol. The van der Waals surface area contributed by atoms with E-state index in [1.54, 1.807) is 0 Å². The van der Waals surface area contributed by atoms with Crippen LogP contribution >= 0.6 is 12.4 Å². The van der Waals surface area contributed by atoms with Gasteiger partial charge in [-0.3, -0.25) is 0 Å². The van der Waals surface area contributed by atoms with E-state index in [9.17, 15) is 0 Å². The molecule has 0 saturated heterocycles. The van der Waals surface area contributed by atoms with E-state index in [0.29, 0.717) is 0 Å². The molecule has 0 aliphatic carbocycles. The van der Waals surface area contributed by atoms with E-state index in [1.807, 2.05) is 6.92 Å². The van der Waals surface area contributed by atoms with E-state index in [1.165, 1.54) is 25.7 Å². The van der Waals surface area contributed by atoms with Crippen LogP contribution in [0.2, 0.25) is 0 Å². The Morgan fingerprint density at radius 1 is 1.09 bits per heavy atom. The van der Waals surface area contributed by atoms with Gasteiger partial charge in [0.15, 0.2) is 0 Å². The highest BCUT2D eigenvalue weighted by atomic mass is 35.5. The third-order valence-electron chi connectivity index (χ3n) is 1.86. The quantitative estimate of drug-likeness (QED) is 0.623. The van der Waals surface area contributed by atoms with E-state index < -0.39 is 0 Å². The summed E-state index contributed by atoms with van der Waals surface area (Å²) in [6, 6.07) is 0. The van der Waals surface area contributed by atoms with E-state index in [4.69, 9.17) is 5.11 Å². The van der Waals surface area contributed by atoms with Crippen molar-refractivity contribution in [3.8, 4) is 0 Å². The van der Waals surface area contributed by atoms with Crippen molar-refractivity contribution in [1.29, 1.82) is 0 Å². The molecule has 0 aromatic carbocycles. The number of hydrogen-bond donors (Lipinski definition) is 1. The van der Waals surface area contributed by atoms with Gasteiger partial charge in [-0.15, -0.1) is 12.4 Å². The molecule has 0 heterocycles. The first-order valence-electron chi connectivity index (χ1n) is 4.49. The first-order chi connectivity index (χ1) is 4.81. The van der Waals surface area contributed by atoms with Crippen LogP contribution < -0.4 is 0 Å². The summed E-state index contributed by atoms with van der Waals surface area (Å²) in [6.07, 6.45) is 6.94. The Balaban J connectivity index is 0. The van der Waals surface area contributed by atoms with Gasteiger partial charge in [0, 0.05) is 0 Å². The molecule has 70 valence electrons. The zero-order valence-electron chi connectivity index (χ0n) is 7.68. The fourth-order valence-corrected chi connectivity index (χ4v) is 1.01. The van der Waals surface area contributed by atoms with Crippen LogP contribution in [-0.4, -0.2) is 11.2 Å². The molecule has 0 fully saturated rings. The van der Waals surface area contributed by atoms with E-state index in [0.717, 1.165) is 12.8 Å². The second-order valence-corrected chi connectivity index (χ2v) is 2.91. The number of halogens is 1. The molecule has 0 saturated carbocycles. The molecule has 0 aliphatic rings. The van der Waals surface area contributed by atoms with Gasteiger partial charge in [0.1, 0.15) is 0 Å². The highest BCUT2D eigenvalue weighted by molar-refractivity contribution is 5.85. The van der Waals surface area contributed by atoms with Crippen LogP contribution in [0, 0.1) is 0 Å². The van der Waals surface area contributed by atoms with Crippen molar-refractivity contribution in [2.45, 2.75) is 58.5 Å². The summed E-state index contributed by atoms with van der Waals surface area (Å²) in [6.45, 7) is 4.24. The lowest BCUT2D eigenvalue weighted by Crippen LogP contribution is -2.03. The summed E-state index contributed by atoms with van der Waals surface area (Å²) in [7, 11) is 0. The number of aliphatic hydroxyl groups excluding tert-OH is 1. The van der Waals surface area contributed by atoms with E-state index >= 15 is 0 Å². The van der Waals surface area contributed by atoms with Gasteiger partial charge in [-0.1, -0.05) is 39.5 Å². The molecule has 0 rings (SSSR count). The highest BCUT2D eigenvalue weighted by Crippen LogP contribution is 2.06. The molecule has 0 aromatic heterocycles. The SMILES string of the molecule is CCCCCCC(O)CC.Cl. The number of aliphatic hydroxyl groups is 1. The summed E-state index contributed by atoms with van der Waals surface area (Å²) in [5.41, 5.74) is 0. The lowest BCUT2D eigenvalue weighted by atomic mass is 10.1. The van der Waals surface area contributed by atoms with Crippen molar-refractivity contribution >= 4 is 12.4 Å². The molecule has 1 N–H and O–H groups in total. The molecule has 1 atom stereocenters. The normalized spacial score (nSPS) is 12.3. The van der Waals surface area contributed by atoms with E-state index in [-0.39, 0.29) is 18.5 Å². The summed E-state index contributed by atoms with van der Waals surface area (Å²) >= 11 is 0. The zero-order valence-corrected chi connectivity index (χ0v) is 8.49. The molecule has 0 aliphatic heterocycles. The zero-order chi connectivity index (χ0) is 7.82. The highest BCUT2D eigenvalue weighted by Gasteiger charge is 1.98. The molecule has 0 bridgehead atoms. The maximum absolute atomic E-state index is 9.16. The minimum absolute atomic E-state index is 0. The summed E-state index contributed by atoms with van der Waals surface area (Å²) < 4.78 is 0. The molecular weight excluding hydrogens is 160 g/mol. The Bertz CT molecular complexity index is 66.6. The molecule has 0 radical (unpaired) electrons. The van der Waals surface area contributed by atoms with Crippen LogP contribution in [0.4, 0.5) is 0 Å². The van der Waals surface area contributed by atoms with Crippen molar-refractivity contribution in [2.75, 3.05) is 0 Å². The third-order valence-corrected chi connectivity index (χ3v) is 1.86.